The van der Waals surface area contributed by atoms with Crippen LogP contribution in [0.15, 0.2) is 36.4 Å². The minimum atomic E-state index is -3.82. The largest absolute Gasteiger partial charge is 0.350 e. The lowest BCUT2D eigenvalue weighted by atomic mass is 10.2. The first-order chi connectivity index (χ1) is 12.1. The molecule has 26 heavy (non-hydrogen) atoms. The number of hydrogen-bond donors (Lipinski definition) is 1. The first-order valence-electron chi connectivity index (χ1n) is 7.21. The highest BCUT2D eigenvalue weighted by Gasteiger charge is 2.24. The summed E-state index contributed by atoms with van der Waals surface area (Å²) < 4.78 is 37.9. The van der Waals surface area contributed by atoms with Gasteiger partial charge < -0.3 is 5.32 Å². The molecule has 2 rings (SSSR count). The van der Waals surface area contributed by atoms with E-state index < -0.39 is 28.3 Å². The molecule has 140 valence electrons. The summed E-state index contributed by atoms with van der Waals surface area (Å²) in [5.41, 5.74) is 0.707. The molecule has 10 heteroatoms. The van der Waals surface area contributed by atoms with Crippen molar-refractivity contribution in [1.82, 2.24) is 5.32 Å². The minimum absolute atomic E-state index is 0.0381. The topological polar surface area (TPSA) is 66.5 Å². The summed E-state index contributed by atoms with van der Waals surface area (Å²) in [6, 6.07) is 8.13. The van der Waals surface area contributed by atoms with Crippen LogP contribution in [-0.4, -0.2) is 27.1 Å². The van der Waals surface area contributed by atoms with Gasteiger partial charge in [-0.25, -0.2) is 12.8 Å². The van der Waals surface area contributed by atoms with Crippen molar-refractivity contribution in [3.05, 3.63) is 62.8 Å². The molecule has 1 amide bonds. The molecule has 0 aliphatic carbocycles. The Kier molecular flexibility index (Phi) is 6.74. The van der Waals surface area contributed by atoms with Crippen molar-refractivity contribution in [3.8, 4) is 0 Å². The lowest BCUT2D eigenvalue weighted by Crippen LogP contribution is -2.40. The Morgan fingerprint density at radius 3 is 2.23 bits per heavy atom. The van der Waals surface area contributed by atoms with Gasteiger partial charge in [-0.3, -0.25) is 9.10 Å². The number of nitrogens with zero attached hydrogens (tertiary/aromatic N) is 1. The van der Waals surface area contributed by atoms with Crippen molar-refractivity contribution in [2.45, 2.75) is 6.54 Å². The zero-order valence-corrected chi connectivity index (χ0v) is 16.6. The van der Waals surface area contributed by atoms with E-state index in [1.54, 1.807) is 0 Å². The molecule has 2 aromatic carbocycles. The maximum atomic E-state index is 12.9. The molecule has 0 unspecified atom stereocenters. The van der Waals surface area contributed by atoms with Gasteiger partial charge in [0.25, 0.3) is 0 Å². The van der Waals surface area contributed by atoms with Crippen LogP contribution in [0.25, 0.3) is 0 Å². The Labute approximate surface area is 165 Å². The third-order valence-electron chi connectivity index (χ3n) is 3.35. The highest BCUT2D eigenvalue weighted by Crippen LogP contribution is 2.35. The average Bonchev–Trinajstić information content (AvgIpc) is 2.55. The van der Waals surface area contributed by atoms with Crippen LogP contribution in [0.2, 0.25) is 15.1 Å². The molecule has 0 saturated carbocycles. The molecule has 0 aromatic heterocycles. The molecule has 0 bridgehead atoms. The number of carbonyl (C=O) groups excluding carboxylic acids is 1. The van der Waals surface area contributed by atoms with E-state index in [0.29, 0.717) is 5.56 Å². The van der Waals surface area contributed by atoms with E-state index >= 15 is 0 Å². The summed E-state index contributed by atoms with van der Waals surface area (Å²) in [6.07, 6.45) is 0.944. The Hall–Kier alpha value is -1.54. The van der Waals surface area contributed by atoms with Crippen molar-refractivity contribution in [2.75, 3.05) is 17.1 Å². The van der Waals surface area contributed by atoms with Crippen molar-refractivity contribution < 1.29 is 17.6 Å². The van der Waals surface area contributed by atoms with E-state index in [1.807, 2.05) is 0 Å². The van der Waals surface area contributed by atoms with Crippen molar-refractivity contribution in [3.63, 3.8) is 0 Å². The normalized spacial score (nSPS) is 11.3. The summed E-state index contributed by atoms with van der Waals surface area (Å²) >= 11 is 17.8. The van der Waals surface area contributed by atoms with Crippen LogP contribution < -0.4 is 9.62 Å². The Bertz CT molecular complexity index is 921. The van der Waals surface area contributed by atoms with E-state index in [9.17, 15) is 17.6 Å². The highest BCUT2D eigenvalue weighted by atomic mass is 35.5. The van der Waals surface area contributed by atoms with Crippen LogP contribution in [0.4, 0.5) is 10.1 Å². The molecule has 0 aliphatic rings. The van der Waals surface area contributed by atoms with Gasteiger partial charge in [0.15, 0.2) is 0 Å². The van der Waals surface area contributed by atoms with Crippen LogP contribution in [0.3, 0.4) is 0 Å². The molecular formula is C16H14Cl3FN2O3S. The standard InChI is InChI=1S/C16H14Cl3FN2O3S/c1-26(24,25)22(15-7-13(18)12(17)6-14(15)19)9-16(23)21-8-10-2-4-11(20)5-3-10/h2-7H,8-9H2,1H3,(H,21,23). The Balaban J connectivity index is 2.17. The predicted octanol–water partition coefficient (Wildman–Crippen LogP) is 3.87. The molecule has 1 N–H and O–H groups in total. The number of anilines is 1. The summed E-state index contributed by atoms with van der Waals surface area (Å²) in [5.74, 6) is -0.959. The van der Waals surface area contributed by atoms with Crippen LogP contribution >= 0.6 is 34.8 Å². The summed E-state index contributed by atoms with van der Waals surface area (Å²) in [5, 5.41) is 2.87. The van der Waals surface area contributed by atoms with Gasteiger partial charge in [-0.2, -0.15) is 0 Å². The molecule has 2 aromatic rings. The molecule has 5 nitrogen and oxygen atoms in total. The van der Waals surface area contributed by atoms with Gasteiger partial charge in [0.2, 0.25) is 15.9 Å². The monoisotopic (exact) mass is 438 g/mol. The molecular weight excluding hydrogens is 426 g/mol. The highest BCUT2D eigenvalue weighted by molar-refractivity contribution is 7.92. The number of sulfonamides is 1. The third kappa shape index (κ3) is 5.48. The first-order valence-corrected chi connectivity index (χ1v) is 10.2. The van der Waals surface area contributed by atoms with Gasteiger partial charge in [-0.1, -0.05) is 46.9 Å². The van der Waals surface area contributed by atoms with Gasteiger partial charge in [0.05, 0.1) is 27.0 Å². The predicted molar refractivity (Wildman–Crippen MR) is 102 cm³/mol. The number of nitrogens with one attached hydrogen (secondary N) is 1. The van der Waals surface area contributed by atoms with Crippen LogP contribution in [0, 0.1) is 5.82 Å². The van der Waals surface area contributed by atoms with Crippen molar-refractivity contribution >= 4 is 56.4 Å². The van der Waals surface area contributed by atoms with Crippen molar-refractivity contribution in [1.29, 1.82) is 0 Å². The summed E-state index contributed by atoms with van der Waals surface area (Å²) in [4.78, 5) is 12.2. The number of rotatable bonds is 6. The third-order valence-corrected chi connectivity index (χ3v) is 5.50. The zero-order chi connectivity index (χ0) is 19.5. The number of halogens is 4. The SMILES string of the molecule is CS(=O)(=O)N(CC(=O)NCc1ccc(F)cc1)c1cc(Cl)c(Cl)cc1Cl. The first kappa shape index (κ1) is 20.8. The fraction of sp³-hybridized carbons (Fsp3) is 0.188. The van der Waals surface area contributed by atoms with E-state index in [-0.39, 0.29) is 27.3 Å². The maximum absolute atomic E-state index is 12.9. The lowest BCUT2D eigenvalue weighted by molar-refractivity contribution is -0.119. The fourth-order valence-corrected chi connectivity index (χ4v) is 3.63. The second kappa shape index (κ2) is 8.43. The maximum Gasteiger partial charge on any atom is 0.241 e. The fourth-order valence-electron chi connectivity index (χ4n) is 2.07. The second-order valence-corrected chi connectivity index (χ2v) is 8.52. The molecule has 0 aliphatic heterocycles. The number of hydrogen-bond acceptors (Lipinski definition) is 3. The van der Waals surface area contributed by atoms with E-state index in [0.717, 1.165) is 10.6 Å². The second-order valence-electron chi connectivity index (χ2n) is 5.39. The molecule has 0 spiro atoms. The van der Waals surface area contributed by atoms with Gasteiger partial charge in [0, 0.05) is 6.54 Å². The molecule has 0 radical (unpaired) electrons. The van der Waals surface area contributed by atoms with Crippen LogP contribution in [0.5, 0.6) is 0 Å². The Morgan fingerprint density at radius 2 is 1.65 bits per heavy atom. The van der Waals surface area contributed by atoms with E-state index in [4.69, 9.17) is 34.8 Å². The van der Waals surface area contributed by atoms with Gasteiger partial charge in [0.1, 0.15) is 12.4 Å². The van der Waals surface area contributed by atoms with Crippen molar-refractivity contribution in [2.24, 2.45) is 0 Å². The van der Waals surface area contributed by atoms with Gasteiger partial charge in [-0.15, -0.1) is 0 Å². The Morgan fingerprint density at radius 1 is 1.08 bits per heavy atom. The number of carbonyl (C=O) groups is 1. The van der Waals surface area contributed by atoms with Gasteiger partial charge in [-0.05, 0) is 29.8 Å². The zero-order valence-electron chi connectivity index (χ0n) is 13.5. The van der Waals surface area contributed by atoms with E-state index in [2.05, 4.69) is 5.32 Å². The number of benzene rings is 2. The van der Waals surface area contributed by atoms with E-state index in [1.165, 1.54) is 36.4 Å². The van der Waals surface area contributed by atoms with Gasteiger partial charge >= 0.3 is 0 Å². The molecule has 0 atom stereocenters. The minimum Gasteiger partial charge on any atom is -0.350 e. The molecule has 0 fully saturated rings. The molecule has 0 saturated heterocycles. The smallest absolute Gasteiger partial charge is 0.241 e. The quantitative estimate of drug-likeness (QED) is 0.695. The summed E-state index contributed by atoms with van der Waals surface area (Å²) in [6.45, 7) is -0.385. The lowest BCUT2D eigenvalue weighted by Gasteiger charge is -2.23. The number of amides is 1. The van der Waals surface area contributed by atoms with Crippen LogP contribution in [0.1, 0.15) is 5.56 Å². The van der Waals surface area contributed by atoms with Crippen LogP contribution in [-0.2, 0) is 21.4 Å². The molecule has 0 heterocycles. The average molecular weight is 440 g/mol. The summed E-state index contributed by atoms with van der Waals surface area (Å²) in [7, 11) is -3.82.